The Morgan fingerprint density at radius 3 is 2.60 bits per heavy atom. The molecule has 0 bridgehead atoms. The molecular weight excluding hydrogens is 382 g/mol. The van der Waals surface area contributed by atoms with Gasteiger partial charge in [0.05, 0.1) is 11.1 Å². The van der Waals surface area contributed by atoms with E-state index in [2.05, 4.69) is 11.8 Å². The Balaban J connectivity index is 1.92. The highest BCUT2D eigenvalue weighted by Gasteiger charge is 2.18. The van der Waals surface area contributed by atoms with Gasteiger partial charge in [0.15, 0.2) is 0 Å². The second-order valence-electron chi connectivity index (χ2n) is 7.50. The largest absolute Gasteiger partial charge is 0.507 e. The smallest absolute Gasteiger partial charge is 0.344 e. The Kier molecular flexibility index (Phi) is 5.42. The van der Waals surface area contributed by atoms with E-state index in [1.54, 1.807) is 30.3 Å². The lowest BCUT2D eigenvalue weighted by atomic mass is 9.99. The molecule has 0 atom stereocenters. The maximum Gasteiger partial charge on any atom is 0.344 e. The third kappa shape index (κ3) is 3.74. The van der Waals surface area contributed by atoms with Crippen LogP contribution in [0.2, 0.25) is 0 Å². The lowest BCUT2D eigenvalue weighted by molar-refractivity contribution is 0.314. The number of hydrogen-bond acceptors (Lipinski definition) is 6. The molecule has 6 heteroatoms. The predicted octanol–water partition coefficient (Wildman–Crippen LogP) is 4.50. The zero-order valence-electron chi connectivity index (χ0n) is 17.0. The number of phenols is 1. The summed E-state index contributed by atoms with van der Waals surface area (Å²) >= 11 is 0. The number of hydrogen-bond donors (Lipinski definition) is 1. The Bertz CT molecular complexity index is 1340. The molecule has 6 nitrogen and oxygen atoms in total. The van der Waals surface area contributed by atoms with Gasteiger partial charge in [0.2, 0.25) is 0 Å². The third-order valence-corrected chi connectivity index (χ3v) is 5.24. The summed E-state index contributed by atoms with van der Waals surface area (Å²) in [5.74, 6) is 0.0525. The second-order valence-corrected chi connectivity index (χ2v) is 7.50. The van der Waals surface area contributed by atoms with Gasteiger partial charge in [-0.05, 0) is 44.3 Å². The van der Waals surface area contributed by atoms with Crippen LogP contribution >= 0.6 is 0 Å². The second kappa shape index (κ2) is 8.16. The SMILES string of the molecule is CCCCN(C)Cc1c(O)ccc2c(-c3cc4ccccc4oc3=O)cc(=O)oc12. The fourth-order valence-electron chi connectivity index (χ4n) is 3.67. The fourth-order valence-corrected chi connectivity index (χ4v) is 3.67. The number of phenolic OH excluding ortho intramolecular Hbond substituents is 1. The van der Waals surface area contributed by atoms with E-state index in [4.69, 9.17) is 8.83 Å². The summed E-state index contributed by atoms with van der Waals surface area (Å²) in [5.41, 5.74) is 0.877. The number of para-hydroxylation sites is 1. The molecule has 0 radical (unpaired) electrons. The van der Waals surface area contributed by atoms with E-state index >= 15 is 0 Å². The van der Waals surface area contributed by atoms with Gasteiger partial charge in [-0.2, -0.15) is 0 Å². The summed E-state index contributed by atoms with van der Waals surface area (Å²) in [6.07, 6.45) is 2.08. The molecule has 0 amide bonds. The van der Waals surface area contributed by atoms with Crippen molar-refractivity contribution < 1.29 is 13.9 Å². The van der Waals surface area contributed by atoms with E-state index < -0.39 is 11.3 Å². The molecule has 0 saturated heterocycles. The average Bonchev–Trinajstić information content (AvgIpc) is 2.73. The van der Waals surface area contributed by atoms with Crippen LogP contribution < -0.4 is 11.3 Å². The molecule has 4 aromatic rings. The molecule has 0 unspecified atom stereocenters. The standard InChI is InChI=1S/C24H23NO5/c1-3-4-11-25(2)14-19-20(26)10-9-16-17(13-22(27)30-23(16)19)18-12-15-7-5-6-8-21(15)29-24(18)28/h5-10,12-13,26H,3-4,11,14H2,1-2H3. The van der Waals surface area contributed by atoms with Gasteiger partial charge in [-0.1, -0.05) is 31.5 Å². The van der Waals surface area contributed by atoms with Crippen LogP contribution in [0.4, 0.5) is 0 Å². The zero-order valence-corrected chi connectivity index (χ0v) is 17.0. The average molecular weight is 405 g/mol. The van der Waals surface area contributed by atoms with Crippen molar-refractivity contribution in [3.05, 3.63) is 74.9 Å². The van der Waals surface area contributed by atoms with Crippen molar-refractivity contribution in [2.24, 2.45) is 0 Å². The van der Waals surface area contributed by atoms with Crippen LogP contribution in [-0.4, -0.2) is 23.6 Å². The van der Waals surface area contributed by atoms with Crippen molar-refractivity contribution in [3.8, 4) is 16.9 Å². The topological polar surface area (TPSA) is 83.9 Å². The van der Waals surface area contributed by atoms with E-state index in [0.717, 1.165) is 24.8 Å². The molecule has 30 heavy (non-hydrogen) atoms. The number of aromatic hydroxyl groups is 1. The first-order chi connectivity index (χ1) is 14.5. The molecule has 0 fully saturated rings. The highest BCUT2D eigenvalue weighted by molar-refractivity contribution is 5.97. The molecule has 2 aromatic carbocycles. The van der Waals surface area contributed by atoms with E-state index in [9.17, 15) is 14.7 Å². The van der Waals surface area contributed by atoms with Crippen LogP contribution in [-0.2, 0) is 6.54 Å². The van der Waals surface area contributed by atoms with Crippen LogP contribution in [0, 0.1) is 0 Å². The summed E-state index contributed by atoms with van der Waals surface area (Å²) in [5, 5.41) is 11.8. The van der Waals surface area contributed by atoms with Gasteiger partial charge in [-0.3, -0.25) is 0 Å². The van der Waals surface area contributed by atoms with Crippen LogP contribution in [0.1, 0.15) is 25.3 Å². The Hall–Kier alpha value is -3.38. The monoisotopic (exact) mass is 405 g/mol. The van der Waals surface area contributed by atoms with Crippen LogP contribution in [0.25, 0.3) is 33.1 Å². The quantitative estimate of drug-likeness (QED) is 0.476. The van der Waals surface area contributed by atoms with Crippen LogP contribution in [0.5, 0.6) is 5.75 Å². The molecule has 0 aliphatic heterocycles. The minimum atomic E-state index is -0.590. The highest BCUT2D eigenvalue weighted by atomic mass is 16.4. The highest BCUT2D eigenvalue weighted by Crippen LogP contribution is 2.33. The molecule has 0 spiro atoms. The Morgan fingerprint density at radius 2 is 1.80 bits per heavy atom. The normalized spacial score (nSPS) is 11.6. The van der Waals surface area contributed by atoms with Crippen molar-refractivity contribution in [1.82, 2.24) is 4.90 Å². The van der Waals surface area contributed by atoms with Crippen LogP contribution in [0.3, 0.4) is 0 Å². The van der Waals surface area contributed by atoms with Gasteiger partial charge in [-0.15, -0.1) is 0 Å². The summed E-state index contributed by atoms with van der Waals surface area (Å²) < 4.78 is 10.9. The van der Waals surface area contributed by atoms with Gasteiger partial charge in [0, 0.05) is 28.9 Å². The van der Waals surface area contributed by atoms with Crippen molar-refractivity contribution in [3.63, 3.8) is 0 Å². The van der Waals surface area contributed by atoms with Gasteiger partial charge in [0.25, 0.3) is 0 Å². The molecule has 0 aliphatic rings. The predicted molar refractivity (Wildman–Crippen MR) is 117 cm³/mol. The Morgan fingerprint density at radius 1 is 1.00 bits per heavy atom. The summed E-state index contributed by atoms with van der Waals surface area (Å²) in [7, 11) is 1.95. The fraction of sp³-hybridized carbons (Fsp3) is 0.250. The first-order valence-electron chi connectivity index (χ1n) is 9.98. The van der Waals surface area contributed by atoms with Crippen molar-refractivity contribution >= 4 is 21.9 Å². The van der Waals surface area contributed by atoms with Gasteiger partial charge >= 0.3 is 11.3 Å². The molecule has 154 valence electrons. The molecule has 0 saturated carbocycles. The molecule has 1 N–H and O–H groups in total. The van der Waals surface area contributed by atoms with E-state index in [-0.39, 0.29) is 16.9 Å². The summed E-state index contributed by atoms with van der Waals surface area (Å²) in [6.45, 7) is 3.38. The van der Waals surface area contributed by atoms with Crippen molar-refractivity contribution in [2.45, 2.75) is 26.3 Å². The maximum absolute atomic E-state index is 12.7. The number of fused-ring (bicyclic) bond motifs is 2. The van der Waals surface area contributed by atoms with Gasteiger partial charge < -0.3 is 18.8 Å². The lowest BCUT2D eigenvalue weighted by Crippen LogP contribution is -2.19. The van der Waals surface area contributed by atoms with E-state index in [0.29, 0.717) is 28.6 Å². The molecular formula is C24H23NO5. The number of benzene rings is 2. The first-order valence-corrected chi connectivity index (χ1v) is 9.98. The van der Waals surface area contributed by atoms with E-state index in [1.807, 2.05) is 19.2 Å². The van der Waals surface area contributed by atoms with Gasteiger partial charge in [0.1, 0.15) is 16.9 Å². The zero-order chi connectivity index (χ0) is 21.3. The first kappa shape index (κ1) is 19.9. The van der Waals surface area contributed by atoms with Gasteiger partial charge in [-0.25, -0.2) is 9.59 Å². The van der Waals surface area contributed by atoms with E-state index in [1.165, 1.54) is 6.07 Å². The molecule has 0 aliphatic carbocycles. The van der Waals surface area contributed by atoms with Crippen molar-refractivity contribution in [2.75, 3.05) is 13.6 Å². The Labute approximate surface area is 173 Å². The number of unbranched alkanes of at least 4 members (excludes halogenated alkanes) is 1. The summed E-state index contributed by atoms with van der Waals surface area (Å²) in [6, 6.07) is 13.5. The maximum atomic E-state index is 12.7. The van der Waals surface area contributed by atoms with Crippen LogP contribution in [0.15, 0.2) is 67.0 Å². The lowest BCUT2D eigenvalue weighted by Gasteiger charge is -2.18. The molecule has 4 rings (SSSR count). The third-order valence-electron chi connectivity index (χ3n) is 5.24. The number of rotatable bonds is 6. The number of nitrogens with zero attached hydrogens (tertiary/aromatic N) is 1. The minimum absolute atomic E-state index is 0.0525. The minimum Gasteiger partial charge on any atom is -0.507 e. The molecule has 2 aromatic heterocycles. The molecule has 2 heterocycles. The van der Waals surface area contributed by atoms with Crippen molar-refractivity contribution in [1.29, 1.82) is 0 Å². The summed E-state index contributed by atoms with van der Waals surface area (Å²) in [4.78, 5) is 27.1.